The van der Waals surface area contributed by atoms with Crippen LogP contribution in [0, 0.1) is 0 Å². The first-order chi connectivity index (χ1) is 11.8. The van der Waals surface area contributed by atoms with E-state index in [-0.39, 0.29) is 18.6 Å². The number of benzene rings is 2. The summed E-state index contributed by atoms with van der Waals surface area (Å²) in [6.07, 6.45) is 1.78. The molecule has 0 unspecified atom stereocenters. The molecule has 0 saturated carbocycles. The van der Waals surface area contributed by atoms with E-state index < -0.39 is 0 Å². The second-order valence-corrected chi connectivity index (χ2v) is 6.04. The van der Waals surface area contributed by atoms with Gasteiger partial charge in [0.15, 0.2) is 5.58 Å². The first-order valence-electron chi connectivity index (χ1n) is 8.14. The number of aliphatic hydroxyl groups is 1. The normalized spacial score (nSPS) is 17.5. The SMILES string of the molecule is O=C(c1ccc2nc(-c3ccccc3)oc2c1)N1CCC[C@H]1CO. The molecule has 5 heteroatoms. The highest BCUT2D eigenvalue weighted by Crippen LogP contribution is 2.26. The van der Waals surface area contributed by atoms with Gasteiger partial charge in [0, 0.05) is 17.7 Å². The van der Waals surface area contributed by atoms with Crippen LogP contribution in [0.3, 0.4) is 0 Å². The van der Waals surface area contributed by atoms with Gasteiger partial charge in [0.2, 0.25) is 5.89 Å². The summed E-state index contributed by atoms with van der Waals surface area (Å²) >= 11 is 0. The average molecular weight is 322 g/mol. The molecule has 1 saturated heterocycles. The molecule has 0 spiro atoms. The monoisotopic (exact) mass is 322 g/mol. The summed E-state index contributed by atoms with van der Waals surface area (Å²) in [6.45, 7) is 0.697. The molecule has 5 nitrogen and oxygen atoms in total. The Morgan fingerprint density at radius 1 is 1.25 bits per heavy atom. The van der Waals surface area contributed by atoms with Gasteiger partial charge in [-0.3, -0.25) is 4.79 Å². The molecule has 0 radical (unpaired) electrons. The van der Waals surface area contributed by atoms with Gasteiger partial charge in [-0.25, -0.2) is 4.98 Å². The van der Waals surface area contributed by atoms with Crippen LogP contribution in [0.2, 0.25) is 0 Å². The Morgan fingerprint density at radius 3 is 2.88 bits per heavy atom. The minimum absolute atomic E-state index is 0.00838. The number of rotatable bonds is 3. The van der Waals surface area contributed by atoms with Crippen molar-refractivity contribution in [3.05, 3.63) is 54.1 Å². The number of aliphatic hydroxyl groups excluding tert-OH is 1. The van der Waals surface area contributed by atoms with Gasteiger partial charge in [0.25, 0.3) is 5.91 Å². The molecule has 0 aliphatic carbocycles. The molecular weight excluding hydrogens is 304 g/mol. The van der Waals surface area contributed by atoms with Crippen LogP contribution in [0.5, 0.6) is 0 Å². The summed E-state index contributed by atoms with van der Waals surface area (Å²) in [4.78, 5) is 18.9. The van der Waals surface area contributed by atoms with E-state index in [4.69, 9.17) is 4.42 Å². The standard InChI is InChI=1S/C19H18N2O3/c22-12-15-7-4-10-21(15)19(23)14-8-9-16-17(11-14)24-18(20-16)13-5-2-1-3-6-13/h1-3,5-6,8-9,11,15,22H,4,7,10,12H2/t15-/m0/s1. The Morgan fingerprint density at radius 2 is 2.08 bits per heavy atom. The third kappa shape index (κ3) is 2.57. The molecule has 1 aromatic heterocycles. The highest BCUT2D eigenvalue weighted by molar-refractivity contribution is 5.97. The topological polar surface area (TPSA) is 66.6 Å². The Labute approximate surface area is 139 Å². The number of hydrogen-bond acceptors (Lipinski definition) is 4. The summed E-state index contributed by atoms with van der Waals surface area (Å²) in [5, 5.41) is 9.41. The lowest BCUT2D eigenvalue weighted by Gasteiger charge is -2.22. The van der Waals surface area contributed by atoms with Gasteiger partial charge in [-0.15, -0.1) is 0 Å². The lowest BCUT2D eigenvalue weighted by atomic mass is 10.1. The van der Waals surface area contributed by atoms with Crippen LogP contribution in [-0.4, -0.2) is 40.1 Å². The summed E-state index contributed by atoms with van der Waals surface area (Å²) in [5.74, 6) is 0.482. The van der Waals surface area contributed by atoms with Crippen molar-refractivity contribution in [1.29, 1.82) is 0 Å². The molecule has 2 aromatic carbocycles. The largest absolute Gasteiger partial charge is 0.436 e. The van der Waals surface area contributed by atoms with Crippen molar-refractivity contribution in [2.45, 2.75) is 18.9 Å². The third-order valence-electron chi connectivity index (χ3n) is 4.50. The predicted molar refractivity (Wildman–Crippen MR) is 90.6 cm³/mol. The molecule has 1 amide bonds. The van der Waals surface area contributed by atoms with Crippen LogP contribution in [0.4, 0.5) is 0 Å². The van der Waals surface area contributed by atoms with Crippen molar-refractivity contribution in [1.82, 2.24) is 9.88 Å². The van der Waals surface area contributed by atoms with Crippen molar-refractivity contribution in [3.63, 3.8) is 0 Å². The number of oxazole rings is 1. The molecule has 1 aliphatic rings. The molecule has 1 atom stereocenters. The van der Waals surface area contributed by atoms with Gasteiger partial charge in [-0.05, 0) is 43.2 Å². The Bertz CT molecular complexity index is 873. The minimum Gasteiger partial charge on any atom is -0.436 e. The number of fused-ring (bicyclic) bond motifs is 1. The van der Waals surface area contributed by atoms with Crippen molar-refractivity contribution in [3.8, 4) is 11.5 Å². The highest BCUT2D eigenvalue weighted by atomic mass is 16.3. The van der Waals surface area contributed by atoms with Gasteiger partial charge in [-0.1, -0.05) is 18.2 Å². The minimum atomic E-state index is -0.0807. The number of carbonyl (C=O) groups is 1. The van der Waals surface area contributed by atoms with Crippen LogP contribution in [0.25, 0.3) is 22.6 Å². The number of aromatic nitrogens is 1. The number of hydrogen-bond donors (Lipinski definition) is 1. The summed E-state index contributed by atoms with van der Waals surface area (Å²) < 4.78 is 5.83. The van der Waals surface area contributed by atoms with Gasteiger partial charge in [0.1, 0.15) is 5.52 Å². The van der Waals surface area contributed by atoms with Crippen LogP contribution in [-0.2, 0) is 0 Å². The van der Waals surface area contributed by atoms with E-state index in [0.29, 0.717) is 23.6 Å². The zero-order chi connectivity index (χ0) is 16.5. The average Bonchev–Trinajstić information content (AvgIpc) is 3.27. The quantitative estimate of drug-likeness (QED) is 0.804. The van der Waals surface area contributed by atoms with Gasteiger partial charge in [0.05, 0.1) is 12.6 Å². The smallest absolute Gasteiger partial charge is 0.254 e. The molecule has 3 aromatic rings. The van der Waals surface area contributed by atoms with E-state index in [0.717, 1.165) is 23.9 Å². The first-order valence-corrected chi connectivity index (χ1v) is 8.14. The Balaban J connectivity index is 1.67. The van der Waals surface area contributed by atoms with Crippen molar-refractivity contribution < 1.29 is 14.3 Å². The van der Waals surface area contributed by atoms with E-state index in [1.54, 1.807) is 17.0 Å². The maximum Gasteiger partial charge on any atom is 0.254 e. The summed E-state index contributed by atoms with van der Waals surface area (Å²) in [5.41, 5.74) is 2.80. The molecule has 1 aliphatic heterocycles. The number of nitrogens with zero attached hydrogens (tertiary/aromatic N) is 2. The molecular formula is C19H18N2O3. The predicted octanol–water partition coefficient (Wildman–Crippen LogP) is 3.09. The number of carbonyl (C=O) groups excluding carboxylic acids is 1. The molecule has 4 rings (SSSR count). The fourth-order valence-electron chi connectivity index (χ4n) is 3.22. The maximum atomic E-state index is 12.7. The van der Waals surface area contributed by atoms with E-state index in [1.807, 2.05) is 36.4 Å². The lowest BCUT2D eigenvalue weighted by molar-refractivity contribution is 0.0677. The zero-order valence-electron chi connectivity index (χ0n) is 13.2. The second kappa shape index (κ2) is 6.09. The van der Waals surface area contributed by atoms with Gasteiger partial charge < -0.3 is 14.4 Å². The molecule has 24 heavy (non-hydrogen) atoms. The maximum absolute atomic E-state index is 12.7. The fraction of sp³-hybridized carbons (Fsp3) is 0.263. The molecule has 122 valence electrons. The van der Waals surface area contributed by atoms with Gasteiger partial charge in [-0.2, -0.15) is 0 Å². The third-order valence-corrected chi connectivity index (χ3v) is 4.50. The number of amides is 1. The van der Waals surface area contributed by atoms with Crippen molar-refractivity contribution in [2.24, 2.45) is 0 Å². The Hall–Kier alpha value is -2.66. The van der Waals surface area contributed by atoms with Crippen molar-refractivity contribution >= 4 is 17.0 Å². The van der Waals surface area contributed by atoms with E-state index in [2.05, 4.69) is 4.98 Å². The first kappa shape index (κ1) is 14.9. The number of likely N-dealkylation sites (tertiary alicyclic amines) is 1. The van der Waals surface area contributed by atoms with Crippen LogP contribution in [0.1, 0.15) is 23.2 Å². The molecule has 2 heterocycles. The zero-order valence-corrected chi connectivity index (χ0v) is 13.2. The second-order valence-electron chi connectivity index (χ2n) is 6.04. The van der Waals surface area contributed by atoms with Crippen molar-refractivity contribution in [2.75, 3.05) is 13.2 Å². The molecule has 0 bridgehead atoms. The highest BCUT2D eigenvalue weighted by Gasteiger charge is 2.29. The lowest BCUT2D eigenvalue weighted by Crippen LogP contribution is -2.37. The van der Waals surface area contributed by atoms with Crippen LogP contribution >= 0.6 is 0 Å². The Kier molecular flexibility index (Phi) is 3.78. The van der Waals surface area contributed by atoms with Crippen LogP contribution in [0.15, 0.2) is 52.9 Å². The summed E-state index contributed by atoms with van der Waals surface area (Å²) in [6, 6.07) is 14.9. The fourth-order valence-corrected chi connectivity index (χ4v) is 3.22. The summed E-state index contributed by atoms with van der Waals surface area (Å²) in [7, 11) is 0. The van der Waals surface area contributed by atoms with E-state index >= 15 is 0 Å². The molecule has 1 N–H and O–H groups in total. The molecule has 1 fully saturated rings. The van der Waals surface area contributed by atoms with Gasteiger partial charge >= 0.3 is 0 Å². The van der Waals surface area contributed by atoms with E-state index in [9.17, 15) is 9.90 Å². The van der Waals surface area contributed by atoms with Crippen LogP contribution < -0.4 is 0 Å². The van der Waals surface area contributed by atoms with E-state index in [1.165, 1.54) is 0 Å².